The van der Waals surface area contributed by atoms with Crippen LogP contribution in [0.1, 0.15) is 19.4 Å². The highest BCUT2D eigenvalue weighted by Crippen LogP contribution is 2.27. The molecule has 0 bridgehead atoms. The Kier molecular flexibility index (Phi) is 4.61. The van der Waals surface area contributed by atoms with Gasteiger partial charge in [-0.15, -0.1) is 0 Å². The number of methoxy groups -OCH3 is 1. The van der Waals surface area contributed by atoms with Gasteiger partial charge in [0.05, 0.1) is 6.61 Å². The van der Waals surface area contributed by atoms with Gasteiger partial charge in [0.25, 0.3) is 0 Å². The summed E-state index contributed by atoms with van der Waals surface area (Å²) in [6.45, 7) is 6.04. The van der Waals surface area contributed by atoms with Gasteiger partial charge in [0.1, 0.15) is 11.9 Å². The highest BCUT2D eigenvalue weighted by atomic mass is 16.5. The maximum atomic E-state index is 5.91. The molecule has 1 aliphatic rings. The molecule has 100 valence electrons. The third-order valence-corrected chi connectivity index (χ3v) is 3.47. The van der Waals surface area contributed by atoms with Gasteiger partial charge in [-0.2, -0.15) is 0 Å². The Balaban J connectivity index is 1.82. The lowest BCUT2D eigenvalue weighted by Gasteiger charge is -2.23. The Morgan fingerprint density at radius 3 is 2.83 bits per heavy atom. The van der Waals surface area contributed by atoms with Crippen LogP contribution in [-0.2, 0) is 11.2 Å². The summed E-state index contributed by atoms with van der Waals surface area (Å²) in [7, 11) is 1.75. The topological polar surface area (TPSA) is 30.5 Å². The maximum absolute atomic E-state index is 5.91. The van der Waals surface area contributed by atoms with Crippen LogP contribution in [-0.4, -0.2) is 32.4 Å². The van der Waals surface area contributed by atoms with E-state index in [0.717, 1.165) is 25.3 Å². The van der Waals surface area contributed by atoms with E-state index in [-0.39, 0.29) is 6.10 Å². The molecule has 0 aromatic heterocycles. The average molecular weight is 249 g/mol. The van der Waals surface area contributed by atoms with E-state index in [2.05, 4.69) is 31.3 Å². The Morgan fingerprint density at radius 2 is 2.17 bits per heavy atom. The summed E-state index contributed by atoms with van der Waals surface area (Å²) in [5.41, 5.74) is 1.32. The van der Waals surface area contributed by atoms with Gasteiger partial charge in [-0.3, -0.25) is 0 Å². The van der Waals surface area contributed by atoms with Crippen LogP contribution in [0.2, 0.25) is 0 Å². The average Bonchev–Trinajstić information content (AvgIpc) is 2.76. The molecule has 2 rings (SSSR count). The maximum Gasteiger partial charge on any atom is 0.123 e. The van der Waals surface area contributed by atoms with Gasteiger partial charge < -0.3 is 14.8 Å². The summed E-state index contributed by atoms with van der Waals surface area (Å²) >= 11 is 0. The molecule has 1 aromatic rings. The summed E-state index contributed by atoms with van der Waals surface area (Å²) in [5, 5.41) is 3.55. The molecular formula is C15H23NO2. The van der Waals surface area contributed by atoms with Crippen molar-refractivity contribution in [1.29, 1.82) is 0 Å². The second-order valence-electron chi connectivity index (χ2n) is 5.27. The van der Waals surface area contributed by atoms with Crippen LogP contribution in [0.15, 0.2) is 24.3 Å². The lowest BCUT2D eigenvalue weighted by molar-refractivity contribution is 0.136. The number of hydrogen-bond acceptors (Lipinski definition) is 3. The van der Waals surface area contributed by atoms with Gasteiger partial charge in [-0.05, 0) is 17.5 Å². The fourth-order valence-corrected chi connectivity index (χ4v) is 2.32. The minimum Gasteiger partial charge on any atom is -0.488 e. The molecule has 3 nitrogen and oxygen atoms in total. The van der Waals surface area contributed by atoms with Crippen molar-refractivity contribution in [2.45, 2.75) is 32.4 Å². The molecule has 2 unspecified atom stereocenters. The molecule has 1 aliphatic heterocycles. The van der Waals surface area contributed by atoms with Crippen molar-refractivity contribution in [2.75, 3.05) is 20.3 Å². The first-order valence-electron chi connectivity index (χ1n) is 6.67. The SMILES string of the molecule is COCC(NCC1Cc2ccccc2O1)C(C)C. The van der Waals surface area contributed by atoms with Gasteiger partial charge in [-0.25, -0.2) is 0 Å². The second-order valence-corrected chi connectivity index (χ2v) is 5.27. The molecule has 0 radical (unpaired) electrons. The van der Waals surface area contributed by atoms with E-state index < -0.39 is 0 Å². The van der Waals surface area contributed by atoms with E-state index in [9.17, 15) is 0 Å². The molecule has 0 saturated carbocycles. The zero-order valence-corrected chi connectivity index (χ0v) is 11.5. The van der Waals surface area contributed by atoms with Gasteiger partial charge >= 0.3 is 0 Å². The monoisotopic (exact) mass is 249 g/mol. The molecule has 18 heavy (non-hydrogen) atoms. The van der Waals surface area contributed by atoms with E-state index >= 15 is 0 Å². The number of fused-ring (bicyclic) bond motifs is 1. The minimum atomic E-state index is 0.250. The zero-order valence-electron chi connectivity index (χ0n) is 11.5. The predicted octanol–water partition coefficient (Wildman–Crippen LogP) is 2.25. The number of benzene rings is 1. The molecule has 0 aliphatic carbocycles. The first-order chi connectivity index (χ1) is 8.70. The fraction of sp³-hybridized carbons (Fsp3) is 0.600. The van der Waals surface area contributed by atoms with Gasteiger partial charge in [0, 0.05) is 26.1 Å². The minimum absolute atomic E-state index is 0.250. The zero-order chi connectivity index (χ0) is 13.0. The van der Waals surface area contributed by atoms with Gasteiger partial charge in [0.2, 0.25) is 0 Å². The summed E-state index contributed by atoms with van der Waals surface area (Å²) in [4.78, 5) is 0. The van der Waals surface area contributed by atoms with Crippen molar-refractivity contribution in [3.63, 3.8) is 0 Å². The predicted molar refractivity (Wildman–Crippen MR) is 73.1 cm³/mol. The normalized spacial score (nSPS) is 19.7. The largest absolute Gasteiger partial charge is 0.488 e. The molecule has 0 spiro atoms. The van der Waals surface area contributed by atoms with Crippen LogP contribution in [0.5, 0.6) is 5.75 Å². The Bertz CT molecular complexity index is 354. The molecule has 1 N–H and O–H groups in total. The Morgan fingerprint density at radius 1 is 1.39 bits per heavy atom. The summed E-state index contributed by atoms with van der Waals surface area (Å²) in [5.74, 6) is 1.60. The molecule has 0 fully saturated rings. The molecule has 1 aromatic carbocycles. The van der Waals surface area contributed by atoms with Crippen LogP contribution in [0.3, 0.4) is 0 Å². The van der Waals surface area contributed by atoms with Gasteiger partial charge in [0.15, 0.2) is 0 Å². The number of nitrogens with one attached hydrogen (secondary N) is 1. The van der Waals surface area contributed by atoms with E-state index in [1.807, 2.05) is 12.1 Å². The van der Waals surface area contributed by atoms with Crippen LogP contribution in [0.4, 0.5) is 0 Å². The van der Waals surface area contributed by atoms with Crippen molar-refractivity contribution in [3.05, 3.63) is 29.8 Å². The number of para-hydroxylation sites is 1. The van der Waals surface area contributed by atoms with Crippen LogP contribution in [0, 0.1) is 5.92 Å². The van der Waals surface area contributed by atoms with Crippen molar-refractivity contribution in [3.8, 4) is 5.75 Å². The van der Waals surface area contributed by atoms with E-state index in [1.54, 1.807) is 7.11 Å². The number of ether oxygens (including phenoxy) is 2. The second kappa shape index (κ2) is 6.21. The number of hydrogen-bond donors (Lipinski definition) is 1. The van der Waals surface area contributed by atoms with Crippen molar-refractivity contribution in [1.82, 2.24) is 5.32 Å². The van der Waals surface area contributed by atoms with Crippen LogP contribution >= 0.6 is 0 Å². The molecule has 0 amide bonds. The third kappa shape index (κ3) is 3.24. The third-order valence-electron chi connectivity index (χ3n) is 3.47. The van der Waals surface area contributed by atoms with Crippen LogP contribution in [0.25, 0.3) is 0 Å². The highest BCUT2D eigenvalue weighted by Gasteiger charge is 2.23. The van der Waals surface area contributed by atoms with Crippen molar-refractivity contribution < 1.29 is 9.47 Å². The molecule has 0 saturated heterocycles. The van der Waals surface area contributed by atoms with E-state index in [0.29, 0.717) is 12.0 Å². The van der Waals surface area contributed by atoms with Gasteiger partial charge in [-0.1, -0.05) is 32.0 Å². The van der Waals surface area contributed by atoms with Crippen LogP contribution < -0.4 is 10.1 Å². The quantitative estimate of drug-likeness (QED) is 0.839. The number of rotatable bonds is 6. The smallest absolute Gasteiger partial charge is 0.123 e. The Labute approximate surface area is 109 Å². The van der Waals surface area contributed by atoms with Crippen molar-refractivity contribution in [2.24, 2.45) is 5.92 Å². The molecular weight excluding hydrogens is 226 g/mol. The summed E-state index contributed by atoms with van der Waals surface area (Å²) < 4.78 is 11.2. The fourth-order valence-electron chi connectivity index (χ4n) is 2.32. The first kappa shape index (κ1) is 13.4. The lowest BCUT2D eigenvalue weighted by Crippen LogP contribution is -2.42. The van der Waals surface area contributed by atoms with E-state index in [4.69, 9.17) is 9.47 Å². The standard InChI is InChI=1S/C15H23NO2/c1-11(2)14(10-17-3)16-9-13-8-12-6-4-5-7-15(12)18-13/h4-7,11,13-14,16H,8-10H2,1-3H3. The summed E-state index contributed by atoms with van der Waals surface area (Å²) in [6, 6.07) is 8.67. The van der Waals surface area contributed by atoms with E-state index in [1.165, 1.54) is 5.56 Å². The highest BCUT2D eigenvalue weighted by molar-refractivity contribution is 5.37. The summed E-state index contributed by atoms with van der Waals surface area (Å²) in [6.07, 6.45) is 1.25. The first-order valence-corrected chi connectivity index (χ1v) is 6.67. The van der Waals surface area contributed by atoms with Crippen molar-refractivity contribution >= 4 is 0 Å². The lowest BCUT2D eigenvalue weighted by atomic mass is 10.0. The molecule has 3 heteroatoms. The molecule has 2 atom stereocenters. The molecule has 1 heterocycles. The Hall–Kier alpha value is -1.06.